The quantitative estimate of drug-likeness (QED) is 0.896. The fourth-order valence-corrected chi connectivity index (χ4v) is 3.30. The zero-order valence-electron chi connectivity index (χ0n) is 13.2. The lowest BCUT2D eigenvalue weighted by Gasteiger charge is -2.50. The van der Waals surface area contributed by atoms with E-state index in [4.69, 9.17) is 0 Å². The summed E-state index contributed by atoms with van der Waals surface area (Å²) in [5.41, 5.74) is 1.43. The number of fused-ring (bicyclic) bond motifs is 1. The van der Waals surface area contributed by atoms with Gasteiger partial charge in [-0.25, -0.2) is 0 Å². The SMILES string of the molecule is CCC(C)N1C(=O)c2ccccc2NC1(C)CC(C)C. The first kappa shape index (κ1) is 14.9. The molecule has 1 aromatic rings. The van der Waals surface area contributed by atoms with Gasteiger partial charge in [0.25, 0.3) is 5.91 Å². The zero-order chi connectivity index (χ0) is 14.9. The first-order chi connectivity index (χ1) is 9.39. The Bertz CT molecular complexity index is 498. The maximum atomic E-state index is 12.9. The van der Waals surface area contributed by atoms with Crippen LogP contribution in [-0.4, -0.2) is 22.5 Å². The van der Waals surface area contributed by atoms with Crippen molar-refractivity contribution in [1.29, 1.82) is 0 Å². The molecule has 0 fully saturated rings. The number of hydrogen-bond acceptors (Lipinski definition) is 2. The van der Waals surface area contributed by atoms with Gasteiger partial charge in [0.2, 0.25) is 0 Å². The Morgan fingerprint density at radius 2 is 1.90 bits per heavy atom. The number of rotatable bonds is 4. The highest BCUT2D eigenvalue weighted by Crippen LogP contribution is 2.36. The second kappa shape index (κ2) is 5.47. The van der Waals surface area contributed by atoms with Crippen LogP contribution in [-0.2, 0) is 0 Å². The van der Waals surface area contributed by atoms with Crippen LogP contribution in [0.1, 0.15) is 57.8 Å². The lowest BCUT2D eigenvalue weighted by atomic mass is 9.90. The molecule has 3 heteroatoms. The molecule has 20 heavy (non-hydrogen) atoms. The van der Waals surface area contributed by atoms with E-state index >= 15 is 0 Å². The minimum atomic E-state index is -0.310. The maximum absolute atomic E-state index is 12.9. The van der Waals surface area contributed by atoms with Crippen LogP contribution in [0, 0.1) is 5.92 Å². The van der Waals surface area contributed by atoms with Crippen LogP contribution in [0.5, 0.6) is 0 Å². The summed E-state index contributed by atoms with van der Waals surface area (Å²) in [4.78, 5) is 14.9. The van der Waals surface area contributed by atoms with Gasteiger partial charge >= 0.3 is 0 Å². The van der Waals surface area contributed by atoms with Gasteiger partial charge in [-0.2, -0.15) is 0 Å². The van der Waals surface area contributed by atoms with Gasteiger partial charge < -0.3 is 10.2 Å². The van der Waals surface area contributed by atoms with Crippen molar-refractivity contribution in [3.63, 3.8) is 0 Å². The molecule has 2 atom stereocenters. The highest BCUT2D eigenvalue weighted by Gasteiger charge is 2.43. The summed E-state index contributed by atoms with van der Waals surface area (Å²) in [6.07, 6.45) is 1.90. The van der Waals surface area contributed by atoms with Gasteiger partial charge in [-0.1, -0.05) is 32.9 Å². The molecule has 0 aromatic heterocycles. The van der Waals surface area contributed by atoms with E-state index in [1.807, 2.05) is 29.2 Å². The number of nitrogens with one attached hydrogen (secondary N) is 1. The van der Waals surface area contributed by atoms with E-state index in [1.54, 1.807) is 0 Å². The summed E-state index contributed by atoms with van der Waals surface area (Å²) >= 11 is 0. The third-order valence-electron chi connectivity index (χ3n) is 4.15. The molecule has 1 aliphatic rings. The molecule has 1 N–H and O–H groups in total. The van der Waals surface area contributed by atoms with E-state index in [1.165, 1.54) is 0 Å². The van der Waals surface area contributed by atoms with E-state index in [9.17, 15) is 4.79 Å². The molecule has 0 aliphatic carbocycles. The molecule has 0 bridgehead atoms. The van der Waals surface area contributed by atoms with E-state index in [-0.39, 0.29) is 17.6 Å². The third kappa shape index (κ3) is 2.54. The maximum Gasteiger partial charge on any atom is 0.258 e. The van der Waals surface area contributed by atoms with Crippen molar-refractivity contribution in [2.45, 2.75) is 59.2 Å². The van der Waals surface area contributed by atoms with Crippen molar-refractivity contribution in [3.05, 3.63) is 29.8 Å². The average Bonchev–Trinajstić information content (AvgIpc) is 2.37. The van der Waals surface area contributed by atoms with Gasteiger partial charge in [0.1, 0.15) is 5.66 Å². The lowest BCUT2D eigenvalue weighted by Crippen LogP contribution is -2.61. The zero-order valence-corrected chi connectivity index (χ0v) is 13.2. The van der Waals surface area contributed by atoms with E-state index in [0.29, 0.717) is 5.92 Å². The molecule has 1 aliphatic heterocycles. The molecule has 1 heterocycles. The predicted octanol–water partition coefficient (Wildman–Crippen LogP) is 4.12. The first-order valence-electron chi connectivity index (χ1n) is 7.60. The monoisotopic (exact) mass is 274 g/mol. The molecule has 0 saturated carbocycles. The van der Waals surface area contributed by atoms with Crippen LogP contribution in [0.2, 0.25) is 0 Å². The standard InChI is InChI=1S/C17H26N2O/c1-6-13(4)19-16(20)14-9-7-8-10-15(14)18-17(19,5)11-12(2)3/h7-10,12-13,18H,6,11H2,1-5H3. The summed E-state index contributed by atoms with van der Waals surface area (Å²) in [7, 11) is 0. The van der Waals surface area contributed by atoms with Crippen LogP contribution < -0.4 is 5.32 Å². The van der Waals surface area contributed by atoms with Gasteiger partial charge in [-0.3, -0.25) is 4.79 Å². The van der Waals surface area contributed by atoms with E-state index in [2.05, 4.69) is 39.9 Å². The number of benzene rings is 1. The summed E-state index contributed by atoms with van der Waals surface area (Å²) < 4.78 is 0. The van der Waals surface area contributed by atoms with Gasteiger partial charge in [-0.05, 0) is 44.7 Å². The summed E-state index contributed by atoms with van der Waals surface area (Å²) in [6.45, 7) is 10.8. The Hall–Kier alpha value is -1.51. The van der Waals surface area contributed by atoms with Crippen LogP contribution in [0.15, 0.2) is 24.3 Å². The second-order valence-electron chi connectivity index (χ2n) is 6.47. The number of hydrogen-bond donors (Lipinski definition) is 1. The minimum absolute atomic E-state index is 0.150. The van der Waals surface area contributed by atoms with E-state index in [0.717, 1.165) is 24.1 Å². The van der Waals surface area contributed by atoms with Crippen LogP contribution in [0.3, 0.4) is 0 Å². The number of carbonyl (C=O) groups is 1. The minimum Gasteiger partial charge on any atom is -0.362 e. The van der Waals surface area contributed by atoms with Crippen molar-refractivity contribution < 1.29 is 4.79 Å². The molecule has 3 nitrogen and oxygen atoms in total. The van der Waals surface area contributed by atoms with Gasteiger partial charge in [0.15, 0.2) is 0 Å². The second-order valence-corrected chi connectivity index (χ2v) is 6.47. The molecule has 0 radical (unpaired) electrons. The molecular formula is C17H26N2O. The van der Waals surface area contributed by atoms with E-state index < -0.39 is 0 Å². The number of amides is 1. The molecule has 0 saturated heterocycles. The van der Waals surface area contributed by atoms with Crippen LogP contribution >= 0.6 is 0 Å². The molecule has 0 spiro atoms. The Morgan fingerprint density at radius 1 is 1.25 bits per heavy atom. The highest BCUT2D eigenvalue weighted by molar-refractivity contribution is 6.02. The average molecular weight is 274 g/mol. The summed E-state index contributed by atoms with van der Waals surface area (Å²) in [5, 5.41) is 3.61. The smallest absolute Gasteiger partial charge is 0.258 e. The third-order valence-corrected chi connectivity index (χ3v) is 4.15. The normalized spacial score (nSPS) is 23.5. The van der Waals surface area contributed by atoms with Crippen LogP contribution in [0.4, 0.5) is 5.69 Å². The van der Waals surface area contributed by atoms with Crippen molar-refractivity contribution in [3.8, 4) is 0 Å². The largest absolute Gasteiger partial charge is 0.362 e. The number of nitrogens with zero attached hydrogens (tertiary/aromatic N) is 1. The van der Waals surface area contributed by atoms with Crippen molar-refractivity contribution in [2.24, 2.45) is 5.92 Å². The molecule has 1 amide bonds. The number of para-hydroxylation sites is 1. The van der Waals surface area contributed by atoms with Crippen molar-refractivity contribution >= 4 is 11.6 Å². The Kier molecular flexibility index (Phi) is 4.07. The summed E-state index contributed by atoms with van der Waals surface area (Å²) in [5.74, 6) is 0.675. The molecule has 2 rings (SSSR count). The van der Waals surface area contributed by atoms with Gasteiger partial charge in [-0.15, -0.1) is 0 Å². The summed E-state index contributed by atoms with van der Waals surface area (Å²) in [6, 6.07) is 8.05. The first-order valence-corrected chi connectivity index (χ1v) is 7.60. The van der Waals surface area contributed by atoms with Gasteiger partial charge in [0, 0.05) is 11.7 Å². The lowest BCUT2D eigenvalue weighted by molar-refractivity contribution is 0.0354. The van der Waals surface area contributed by atoms with Crippen LogP contribution in [0.25, 0.3) is 0 Å². The predicted molar refractivity (Wildman–Crippen MR) is 83.8 cm³/mol. The molecule has 110 valence electrons. The highest BCUT2D eigenvalue weighted by atomic mass is 16.2. The number of carbonyl (C=O) groups excluding carboxylic acids is 1. The topological polar surface area (TPSA) is 32.3 Å². The molecule has 2 unspecified atom stereocenters. The fraction of sp³-hybridized carbons (Fsp3) is 0.588. The fourth-order valence-electron chi connectivity index (χ4n) is 3.30. The Labute approximate surface area is 122 Å². The van der Waals surface area contributed by atoms with Gasteiger partial charge in [0.05, 0.1) is 5.56 Å². The Balaban J connectivity index is 2.47. The number of anilines is 1. The molecular weight excluding hydrogens is 248 g/mol. The van der Waals surface area contributed by atoms with Crippen molar-refractivity contribution in [1.82, 2.24) is 4.90 Å². The molecule has 1 aromatic carbocycles. The Morgan fingerprint density at radius 3 is 2.50 bits per heavy atom. The van der Waals surface area contributed by atoms with Crippen molar-refractivity contribution in [2.75, 3.05) is 5.32 Å².